The first-order chi connectivity index (χ1) is 7.61. The maximum absolute atomic E-state index is 13.5. The topological polar surface area (TPSA) is 34.9 Å². The second-order valence-corrected chi connectivity index (χ2v) is 3.24. The van der Waals surface area contributed by atoms with Gasteiger partial charge in [-0.05, 0) is 19.1 Å². The molecule has 0 saturated heterocycles. The minimum atomic E-state index is -0.793. The Morgan fingerprint density at radius 3 is 2.38 bits per heavy atom. The SMILES string of the molecule is Cc1nccc(=O)n1-c1c(F)cccc1F. The number of hydrogen-bond donors (Lipinski definition) is 0. The largest absolute Gasteiger partial charge is 0.269 e. The highest BCUT2D eigenvalue weighted by atomic mass is 19.1. The molecule has 0 unspecified atom stereocenters. The number of rotatable bonds is 1. The van der Waals surface area contributed by atoms with Crippen molar-refractivity contribution in [1.82, 2.24) is 9.55 Å². The monoisotopic (exact) mass is 222 g/mol. The Balaban J connectivity index is 2.83. The Labute approximate surface area is 90.0 Å². The zero-order valence-corrected chi connectivity index (χ0v) is 8.45. The first-order valence-corrected chi connectivity index (χ1v) is 4.60. The van der Waals surface area contributed by atoms with Crippen molar-refractivity contribution in [3.8, 4) is 5.69 Å². The second kappa shape index (κ2) is 3.84. The summed E-state index contributed by atoms with van der Waals surface area (Å²) in [4.78, 5) is 15.4. The molecule has 1 aromatic heterocycles. The van der Waals surface area contributed by atoms with Crippen molar-refractivity contribution in [2.24, 2.45) is 0 Å². The van der Waals surface area contributed by atoms with Gasteiger partial charge in [0, 0.05) is 12.3 Å². The molecule has 0 spiro atoms. The molecular formula is C11H8F2N2O. The molecule has 0 N–H and O–H groups in total. The van der Waals surface area contributed by atoms with E-state index >= 15 is 0 Å². The molecule has 0 fully saturated rings. The number of nitrogens with zero attached hydrogens (tertiary/aromatic N) is 2. The van der Waals surface area contributed by atoms with E-state index in [4.69, 9.17) is 0 Å². The predicted octanol–water partition coefficient (Wildman–Crippen LogP) is 1.82. The van der Waals surface area contributed by atoms with Crippen LogP contribution in [0.15, 0.2) is 35.3 Å². The van der Waals surface area contributed by atoms with Crippen LogP contribution in [0.5, 0.6) is 0 Å². The summed E-state index contributed by atoms with van der Waals surface area (Å²) >= 11 is 0. The first kappa shape index (κ1) is 10.5. The van der Waals surface area contributed by atoms with Gasteiger partial charge in [0.05, 0.1) is 0 Å². The lowest BCUT2D eigenvalue weighted by Gasteiger charge is -2.09. The van der Waals surface area contributed by atoms with E-state index in [0.29, 0.717) is 0 Å². The van der Waals surface area contributed by atoms with Crippen molar-refractivity contribution in [3.63, 3.8) is 0 Å². The Hall–Kier alpha value is -2.04. The summed E-state index contributed by atoms with van der Waals surface area (Å²) in [5, 5.41) is 0. The normalized spacial score (nSPS) is 10.4. The Kier molecular flexibility index (Phi) is 2.52. The van der Waals surface area contributed by atoms with Crippen molar-refractivity contribution >= 4 is 0 Å². The van der Waals surface area contributed by atoms with Crippen LogP contribution in [0, 0.1) is 18.6 Å². The van der Waals surface area contributed by atoms with Gasteiger partial charge in [0.1, 0.15) is 23.1 Å². The van der Waals surface area contributed by atoms with Crippen molar-refractivity contribution in [1.29, 1.82) is 0 Å². The van der Waals surface area contributed by atoms with Crippen LogP contribution in [-0.2, 0) is 0 Å². The van der Waals surface area contributed by atoms with E-state index in [9.17, 15) is 13.6 Å². The van der Waals surface area contributed by atoms with Gasteiger partial charge < -0.3 is 0 Å². The van der Waals surface area contributed by atoms with Gasteiger partial charge >= 0.3 is 0 Å². The molecule has 16 heavy (non-hydrogen) atoms. The molecule has 0 aliphatic rings. The maximum Gasteiger partial charge on any atom is 0.258 e. The number of halogens is 2. The Morgan fingerprint density at radius 2 is 1.81 bits per heavy atom. The molecule has 2 aromatic rings. The molecular weight excluding hydrogens is 214 g/mol. The summed E-state index contributed by atoms with van der Waals surface area (Å²) in [6.07, 6.45) is 1.30. The van der Waals surface area contributed by atoms with Gasteiger partial charge in [0.25, 0.3) is 5.56 Å². The molecule has 1 heterocycles. The number of para-hydroxylation sites is 1. The van der Waals surface area contributed by atoms with Crippen molar-refractivity contribution < 1.29 is 8.78 Å². The van der Waals surface area contributed by atoms with E-state index in [0.717, 1.165) is 22.8 Å². The summed E-state index contributed by atoms with van der Waals surface area (Å²) in [5.74, 6) is -1.35. The van der Waals surface area contributed by atoms with E-state index in [1.807, 2.05) is 0 Å². The van der Waals surface area contributed by atoms with Crippen LogP contribution in [0.4, 0.5) is 8.78 Å². The van der Waals surface area contributed by atoms with Crippen molar-refractivity contribution in [3.05, 3.63) is 58.3 Å². The van der Waals surface area contributed by atoms with Gasteiger partial charge in [-0.1, -0.05) is 6.07 Å². The van der Waals surface area contributed by atoms with Gasteiger partial charge in [0.15, 0.2) is 0 Å². The molecule has 0 radical (unpaired) electrons. The fourth-order valence-electron chi connectivity index (χ4n) is 1.48. The molecule has 1 aromatic carbocycles. The highest BCUT2D eigenvalue weighted by Gasteiger charge is 2.13. The van der Waals surface area contributed by atoms with Crippen LogP contribution in [0.2, 0.25) is 0 Å². The molecule has 3 nitrogen and oxygen atoms in total. The van der Waals surface area contributed by atoms with Gasteiger partial charge in [-0.25, -0.2) is 13.8 Å². The van der Waals surface area contributed by atoms with Crippen LogP contribution in [0.3, 0.4) is 0 Å². The second-order valence-electron chi connectivity index (χ2n) is 3.24. The fourth-order valence-corrected chi connectivity index (χ4v) is 1.48. The van der Waals surface area contributed by atoms with Crippen LogP contribution in [0.25, 0.3) is 5.69 Å². The van der Waals surface area contributed by atoms with Gasteiger partial charge in [-0.15, -0.1) is 0 Å². The molecule has 0 amide bonds. The number of aryl methyl sites for hydroxylation is 1. The summed E-state index contributed by atoms with van der Waals surface area (Å²) in [6.45, 7) is 1.51. The smallest absolute Gasteiger partial charge is 0.258 e. The summed E-state index contributed by atoms with van der Waals surface area (Å²) < 4.78 is 27.8. The van der Waals surface area contributed by atoms with E-state index in [1.165, 1.54) is 19.2 Å². The molecule has 0 aliphatic carbocycles. The summed E-state index contributed by atoms with van der Waals surface area (Å²) in [7, 11) is 0. The van der Waals surface area contributed by atoms with Crippen LogP contribution in [-0.4, -0.2) is 9.55 Å². The Bertz CT molecular complexity index is 573. The lowest BCUT2D eigenvalue weighted by molar-refractivity contribution is 0.562. The van der Waals surface area contributed by atoms with E-state index in [1.54, 1.807) is 0 Å². The third-order valence-electron chi connectivity index (χ3n) is 2.18. The lowest BCUT2D eigenvalue weighted by atomic mass is 10.3. The molecule has 5 heteroatoms. The lowest BCUT2D eigenvalue weighted by Crippen LogP contribution is -2.22. The minimum absolute atomic E-state index is 0.233. The number of benzene rings is 1. The molecule has 0 bridgehead atoms. The quantitative estimate of drug-likeness (QED) is 0.737. The molecule has 0 saturated carbocycles. The van der Waals surface area contributed by atoms with E-state index in [-0.39, 0.29) is 5.82 Å². The van der Waals surface area contributed by atoms with Gasteiger partial charge in [0.2, 0.25) is 0 Å². The highest BCUT2D eigenvalue weighted by molar-refractivity contribution is 5.36. The highest BCUT2D eigenvalue weighted by Crippen LogP contribution is 2.16. The maximum atomic E-state index is 13.5. The predicted molar refractivity (Wildman–Crippen MR) is 54.5 cm³/mol. The molecule has 2 rings (SSSR count). The average Bonchev–Trinajstić information content (AvgIpc) is 2.21. The van der Waals surface area contributed by atoms with Gasteiger partial charge in [-0.2, -0.15) is 0 Å². The first-order valence-electron chi connectivity index (χ1n) is 4.60. The van der Waals surface area contributed by atoms with Gasteiger partial charge in [-0.3, -0.25) is 9.36 Å². The van der Waals surface area contributed by atoms with Crippen LogP contribution < -0.4 is 5.56 Å². The molecule has 0 aliphatic heterocycles. The standard InChI is InChI=1S/C11H8F2N2O/c1-7-14-6-5-10(16)15(7)11-8(12)3-2-4-9(11)13/h2-6H,1H3. The average molecular weight is 222 g/mol. The van der Waals surface area contributed by atoms with Crippen LogP contribution >= 0.6 is 0 Å². The third-order valence-corrected chi connectivity index (χ3v) is 2.18. The zero-order valence-electron chi connectivity index (χ0n) is 8.45. The summed E-state index contributed by atoms with van der Waals surface area (Å²) in [6, 6.07) is 4.58. The summed E-state index contributed by atoms with van der Waals surface area (Å²) in [5.41, 5.74) is -0.908. The van der Waals surface area contributed by atoms with Crippen LogP contribution in [0.1, 0.15) is 5.82 Å². The zero-order chi connectivity index (χ0) is 11.7. The molecule has 0 atom stereocenters. The molecule has 82 valence electrons. The minimum Gasteiger partial charge on any atom is -0.269 e. The van der Waals surface area contributed by atoms with E-state index in [2.05, 4.69) is 4.98 Å². The Morgan fingerprint density at radius 1 is 1.19 bits per heavy atom. The fraction of sp³-hybridized carbons (Fsp3) is 0.0909. The number of aromatic nitrogens is 2. The van der Waals surface area contributed by atoms with E-state index < -0.39 is 22.9 Å². The van der Waals surface area contributed by atoms with Crippen molar-refractivity contribution in [2.45, 2.75) is 6.92 Å². The van der Waals surface area contributed by atoms with Crippen molar-refractivity contribution in [2.75, 3.05) is 0 Å². The third kappa shape index (κ3) is 1.60. The number of hydrogen-bond acceptors (Lipinski definition) is 2.